The summed E-state index contributed by atoms with van der Waals surface area (Å²) in [5.74, 6) is 0.281. The van der Waals surface area contributed by atoms with Gasteiger partial charge in [-0.05, 0) is 26.0 Å². The maximum absolute atomic E-state index is 11.2. The van der Waals surface area contributed by atoms with Gasteiger partial charge in [0.15, 0.2) is 5.75 Å². The molecule has 0 fully saturated rings. The third-order valence-electron chi connectivity index (χ3n) is 2.77. The minimum atomic E-state index is -0.424. The Bertz CT molecular complexity index is 613. The zero-order valence-corrected chi connectivity index (χ0v) is 12.1. The molecule has 1 aromatic heterocycles. The third-order valence-corrected chi connectivity index (χ3v) is 3.70. The van der Waals surface area contributed by atoms with Gasteiger partial charge in [0.1, 0.15) is 5.69 Å². The van der Waals surface area contributed by atoms with E-state index in [0.29, 0.717) is 18.8 Å². The molecule has 0 saturated carbocycles. The summed E-state index contributed by atoms with van der Waals surface area (Å²) in [4.78, 5) is 16.0. The van der Waals surface area contributed by atoms with Crippen LogP contribution in [-0.2, 0) is 6.54 Å². The molecule has 2 rings (SSSR count). The van der Waals surface area contributed by atoms with Crippen molar-refractivity contribution >= 4 is 22.7 Å². The van der Waals surface area contributed by atoms with Crippen molar-refractivity contribution in [2.75, 3.05) is 11.9 Å². The summed E-state index contributed by atoms with van der Waals surface area (Å²) in [6.07, 6.45) is 0. The second-order valence-electron chi connectivity index (χ2n) is 4.06. The van der Waals surface area contributed by atoms with Gasteiger partial charge in [-0.1, -0.05) is 6.07 Å². The fraction of sp³-hybridized carbons (Fsp3) is 0.308. The first-order chi connectivity index (χ1) is 9.63. The average molecular weight is 293 g/mol. The molecule has 0 bridgehead atoms. The number of nitro benzene ring substituents is 1. The summed E-state index contributed by atoms with van der Waals surface area (Å²) in [7, 11) is 0. The molecule has 0 amide bonds. The van der Waals surface area contributed by atoms with Crippen LogP contribution in [0.25, 0.3) is 0 Å². The lowest BCUT2D eigenvalue weighted by Gasteiger charge is -2.10. The van der Waals surface area contributed by atoms with Gasteiger partial charge in [0.05, 0.1) is 29.3 Å². The van der Waals surface area contributed by atoms with E-state index in [1.807, 2.05) is 6.92 Å². The molecule has 0 radical (unpaired) electrons. The van der Waals surface area contributed by atoms with E-state index in [1.54, 1.807) is 30.6 Å². The van der Waals surface area contributed by atoms with Crippen molar-refractivity contribution < 1.29 is 9.66 Å². The summed E-state index contributed by atoms with van der Waals surface area (Å²) in [5.41, 5.74) is 3.12. The van der Waals surface area contributed by atoms with Crippen LogP contribution in [0, 0.1) is 17.0 Å². The fourth-order valence-corrected chi connectivity index (χ4v) is 2.51. The summed E-state index contributed by atoms with van der Waals surface area (Å²) in [5, 5.41) is 14.3. The average Bonchev–Trinajstić information content (AvgIpc) is 2.82. The number of hydrogen-bond acceptors (Lipinski definition) is 6. The largest absolute Gasteiger partial charge is 0.487 e. The third kappa shape index (κ3) is 3.05. The Hall–Kier alpha value is -2.15. The number of nitrogens with one attached hydrogen (secondary N) is 1. The van der Waals surface area contributed by atoms with Crippen LogP contribution in [0.1, 0.15) is 17.5 Å². The highest BCUT2D eigenvalue weighted by atomic mass is 32.1. The molecule has 0 spiro atoms. The zero-order valence-electron chi connectivity index (χ0n) is 11.3. The van der Waals surface area contributed by atoms with Crippen molar-refractivity contribution in [1.29, 1.82) is 0 Å². The van der Waals surface area contributed by atoms with E-state index >= 15 is 0 Å². The van der Waals surface area contributed by atoms with Gasteiger partial charge in [0.2, 0.25) is 0 Å². The van der Waals surface area contributed by atoms with Crippen LogP contribution in [0.4, 0.5) is 11.4 Å². The van der Waals surface area contributed by atoms with E-state index in [4.69, 9.17) is 4.74 Å². The summed E-state index contributed by atoms with van der Waals surface area (Å²) in [6, 6.07) is 5.02. The molecule has 0 unspecified atom stereocenters. The lowest BCUT2D eigenvalue weighted by atomic mass is 10.2. The van der Waals surface area contributed by atoms with Gasteiger partial charge >= 0.3 is 5.69 Å². The molecule has 20 heavy (non-hydrogen) atoms. The van der Waals surface area contributed by atoms with Crippen molar-refractivity contribution in [2.45, 2.75) is 20.4 Å². The first kappa shape index (κ1) is 14.3. The SMILES string of the molecule is CCOc1cccc(NCc2scnc2C)c1[N+](=O)[O-]. The molecule has 0 aliphatic rings. The first-order valence-corrected chi connectivity index (χ1v) is 7.04. The molecule has 0 atom stereocenters. The quantitative estimate of drug-likeness (QED) is 0.652. The Labute approximate surface area is 120 Å². The number of aryl methyl sites for hydroxylation is 1. The second kappa shape index (κ2) is 6.33. The van der Waals surface area contributed by atoms with E-state index in [-0.39, 0.29) is 11.4 Å². The number of nitro groups is 1. The molecule has 2 aromatic rings. The monoisotopic (exact) mass is 293 g/mol. The van der Waals surface area contributed by atoms with E-state index in [1.165, 1.54) is 11.3 Å². The molecule has 7 heteroatoms. The Morgan fingerprint density at radius 3 is 2.90 bits per heavy atom. The number of thiazole rings is 1. The Morgan fingerprint density at radius 2 is 2.30 bits per heavy atom. The van der Waals surface area contributed by atoms with Crippen molar-refractivity contribution in [3.8, 4) is 5.75 Å². The van der Waals surface area contributed by atoms with Crippen LogP contribution in [0.2, 0.25) is 0 Å². The number of anilines is 1. The molecule has 0 saturated heterocycles. The van der Waals surface area contributed by atoms with Crippen LogP contribution in [0.15, 0.2) is 23.7 Å². The Morgan fingerprint density at radius 1 is 1.50 bits per heavy atom. The topological polar surface area (TPSA) is 77.3 Å². The molecule has 6 nitrogen and oxygen atoms in total. The number of nitrogens with zero attached hydrogens (tertiary/aromatic N) is 2. The minimum Gasteiger partial charge on any atom is -0.487 e. The fourth-order valence-electron chi connectivity index (χ4n) is 1.80. The number of rotatable bonds is 6. The summed E-state index contributed by atoms with van der Waals surface area (Å²) >= 11 is 1.52. The number of aromatic nitrogens is 1. The second-order valence-corrected chi connectivity index (χ2v) is 5.00. The summed E-state index contributed by atoms with van der Waals surface area (Å²) in [6.45, 7) is 4.61. The van der Waals surface area contributed by atoms with Crippen molar-refractivity contribution in [2.24, 2.45) is 0 Å². The number of ether oxygens (including phenoxy) is 1. The number of para-hydroxylation sites is 1. The molecular formula is C13H15N3O3S. The van der Waals surface area contributed by atoms with Crippen LogP contribution in [-0.4, -0.2) is 16.5 Å². The van der Waals surface area contributed by atoms with Gasteiger partial charge in [0.25, 0.3) is 0 Å². The van der Waals surface area contributed by atoms with E-state index in [2.05, 4.69) is 10.3 Å². The van der Waals surface area contributed by atoms with Gasteiger partial charge in [-0.3, -0.25) is 10.1 Å². The standard InChI is InChI=1S/C13H15N3O3S/c1-3-19-11-6-4-5-10(13(11)16(17)18)14-7-12-9(2)15-8-20-12/h4-6,8,14H,3,7H2,1-2H3. The predicted molar refractivity (Wildman–Crippen MR) is 78.4 cm³/mol. The highest BCUT2D eigenvalue weighted by Crippen LogP contribution is 2.35. The summed E-state index contributed by atoms with van der Waals surface area (Å²) < 4.78 is 5.31. The van der Waals surface area contributed by atoms with Crippen LogP contribution in [0.3, 0.4) is 0 Å². The van der Waals surface area contributed by atoms with Gasteiger partial charge in [0, 0.05) is 4.88 Å². The van der Waals surface area contributed by atoms with Gasteiger partial charge in [-0.15, -0.1) is 11.3 Å². The normalized spacial score (nSPS) is 10.3. The predicted octanol–water partition coefficient (Wildman–Crippen LogP) is 3.37. The van der Waals surface area contributed by atoms with Crippen LogP contribution in [0.5, 0.6) is 5.75 Å². The highest BCUT2D eigenvalue weighted by molar-refractivity contribution is 7.09. The van der Waals surface area contributed by atoms with E-state index < -0.39 is 4.92 Å². The first-order valence-electron chi connectivity index (χ1n) is 6.16. The van der Waals surface area contributed by atoms with Crippen molar-refractivity contribution in [1.82, 2.24) is 4.98 Å². The maximum atomic E-state index is 11.2. The van der Waals surface area contributed by atoms with Crippen LogP contribution >= 0.6 is 11.3 Å². The molecule has 1 aromatic carbocycles. The van der Waals surface area contributed by atoms with Gasteiger partial charge < -0.3 is 10.1 Å². The minimum absolute atomic E-state index is 0.0310. The molecule has 106 valence electrons. The highest BCUT2D eigenvalue weighted by Gasteiger charge is 2.20. The van der Waals surface area contributed by atoms with Gasteiger partial charge in [-0.2, -0.15) is 0 Å². The Balaban J connectivity index is 2.24. The number of benzene rings is 1. The Kier molecular flexibility index (Phi) is 4.52. The lowest BCUT2D eigenvalue weighted by molar-refractivity contribution is -0.384. The van der Waals surface area contributed by atoms with E-state index in [0.717, 1.165) is 10.6 Å². The maximum Gasteiger partial charge on any atom is 0.333 e. The van der Waals surface area contributed by atoms with E-state index in [9.17, 15) is 10.1 Å². The lowest BCUT2D eigenvalue weighted by Crippen LogP contribution is -2.04. The smallest absolute Gasteiger partial charge is 0.333 e. The molecule has 0 aliphatic carbocycles. The van der Waals surface area contributed by atoms with Gasteiger partial charge in [-0.25, -0.2) is 4.98 Å². The molecule has 0 aliphatic heterocycles. The zero-order chi connectivity index (χ0) is 14.5. The molecular weight excluding hydrogens is 278 g/mol. The molecule has 1 N–H and O–H groups in total. The number of hydrogen-bond donors (Lipinski definition) is 1. The molecule has 1 heterocycles. The van der Waals surface area contributed by atoms with Crippen molar-refractivity contribution in [3.05, 3.63) is 44.4 Å². The van der Waals surface area contributed by atoms with Crippen molar-refractivity contribution in [3.63, 3.8) is 0 Å². The van der Waals surface area contributed by atoms with Crippen LogP contribution < -0.4 is 10.1 Å².